The highest BCUT2D eigenvalue weighted by atomic mass is 16.5. The van der Waals surface area contributed by atoms with Gasteiger partial charge < -0.3 is 20.3 Å². The van der Waals surface area contributed by atoms with Crippen molar-refractivity contribution >= 4 is 11.9 Å². The van der Waals surface area contributed by atoms with Crippen molar-refractivity contribution in [3.63, 3.8) is 0 Å². The van der Waals surface area contributed by atoms with Gasteiger partial charge in [-0.25, -0.2) is 0 Å². The molecule has 3 atom stereocenters. The van der Waals surface area contributed by atoms with Gasteiger partial charge in [-0.1, -0.05) is 211 Å². The zero-order valence-corrected chi connectivity index (χ0v) is 35.9. The molecule has 0 radical (unpaired) electrons. The van der Waals surface area contributed by atoms with Crippen molar-refractivity contribution < 1.29 is 24.5 Å². The first-order valence-electron chi connectivity index (χ1n) is 23.2. The van der Waals surface area contributed by atoms with Gasteiger partial charge in [0.25, 0.3) is 0 Å². The number of hydrogen-bond donors (Lipinski definition) is 3. The van der Waals surface area contributed by atoms with E-state index in [9.17, 15) is 19.8 Å². The van der Waals surface area contributed by atoms with E-state index in [0.29, 0.717) is 19.3 Å². The first kappa shape index (κ1) is 52.1. The molecule has 0 aromatic rings. The van der Waals surface area contributed by atoms with Crippen molar-refractivity contribution in [3.05, 3.63) is 36.5 Å². The third-order valence-electron chi connectivity index (χ3n) is 10.5. The summed E-state index contributed by atoms with van der Waals surface area (Å²) in [5.41, 5.74) is 0. The minimum absolute atomic E-state index is 0.0575. The van der Waals surface area contributed by atoms with E-state index in [1.165, 1.54) is 116 Å². The van der Waals surface area contributed by atoms with Crippen molar-refractivity contribution in [2.75, 3.05) is 6.61 Å². The normalized spacial score (nSPS) is 13.6. The Hall–Kier alpha value is -1.92. The lowest BCUT2D eigenvalue weighted by Crippen LogP contribution is -2.46. The van der Waals surface area contributed by atoms with Crippen LogP contribution in [0.5, 0.6) is 0 Å². The number of unbranched alkanes of at least 4 members (excludes halogenated alkanes) is 25. The van der Waals surface area contributed by atoms with Crippen molar-refractivity contribution in [2.45, 2.75) is 251 Å². The lowest BCUT2D eigenvalue weighted by molar-refractivity contribution is -0.151. The number of rotatable bonds is 41. The van der Waals surface area contributed by atoms with Gasteiger partial charge in [-0.05, 0) is 44.9 Å². The van der Waals surface area contributed by atoms with Crippen LogP contribution in [0.3, 0.4) is 0 Å². The molecule has 54 heavy (non-hydrogen) atoms. The summed E-state index contributed by atoms with van der Waals surface area (Å²) >= 11 is 0. The predicted molar refractivity (Wildman–Crippen MR) is 232 cm³/mol. The van der Waals surface area contributed by atoms with E-state index in [1.807, 2.05) is 12.2 Å². The van der Waals surface area contributed by atoms with Crippen LogP contribution < -0.4 is 5.32 Å². The van der Waals surface area contributed by atoms with E-state index in [2.05, 4.69) is 50.4 Å². The Balaban J connectivity index is 4.59. The van der Waals surface area contributed by atoms with Crippen molar-refractivity contribution in [1.82, 2.24) is 5.32 Å². The van der Waals surface area contributed by atoms with E-state index in [4.69, 9.17) is 4.74 Å². The molecule has 0 aliphatic rings. The lowest BCUT2D eigenvalue weighted by atomic mass is 10.0. The molecule has 0 aliphatic carbocycles. The smallest absolute Gasteiger partial charge is 0.306 e. The molecule has 0 rings (SSSR count). The third-order valence-corrected chi connectivity index (χ3v) is 10.5. The minimum atomic E-state index is -0.792. The number of aliphatic hydroxyl groups excluding tert-OH is 2. The molecule has 0 spiro atoms. The molecule has 0 bridgehead atoms. The van der Waals surface area contributed by atoms with Gasteiger partial charge >= 0.3 is 5.97 Å². The van der Waals surface area contributed by atoms with Gasteiger partial charge in [0, 0.05) is 6.42 Å². The molecule has 0 heterocycles. The number of carbonyl (C=O) groups is 2. The van der Waals surface area contributed by atoms with Crippen molar-refractivity contribution in [2.24, 2.45) is 0 Å². The summed E-state index contributed by atoms with van der Waals surface area (Å²) in [7, 11) is 0. The number of amides is 1. The molecule has 1 amide bonds. The highest BCUT2D eigenvalue weighted by molar-refractivity contribution is 5.77. The fraction of sp³-hybridized carbons (Fsp3) is 0.833. The Morgan fingerprint density at radius 3 is 1.50 bits per heavy atom. The standard InChI is InChI=1S/C48H89NO5/c1-4-7-10-13-16-19-22-23-24-26-29-32-35-38-41-48(53)54-44(39-36-33-30-27-25-20-17-14-11-8-5-2)42-47(52)49-45(43-50)46(51)40-37-34-31-28-21-18-15-12-9-6-3/h8,11,14,17,20,25,44-46,50-51H,4-7,9-10,12-13,15-16,18-19,21-24,26-43H2,1-3H3,(H,49,52)/b11-8+,17-14+,25-20-. The average molecular weight is 760 g/mol. The van der Waals surface area contributed by atoms with E-state index >= 15 is 0 Å². The largest absolute Gasteiger partial charge is 0.462 e. The molecule has 0 aliphatic heterocycles. The van der Waals surface area contributed by atoms with Crippen LogP contribution >= 0.6 is 0 Å². The van der Waals surface area contributed by atoms with Crippen LogP contribution in [-0.2, 0) is 14.3 Å². The van der Waals surface area contributed by atoms with Gasteiger partial charge in [0.05, 0.1) is 25.2 Å². The molecule has 316 valence electrons. The Morgan fingerprint density at radius 2 is 1.00 bits per heavy atom. The monoisotopic (exact) mass is 760 g/mol. The summed E-state index contributed by atoms with van der Waals surface area (Å²) < 4.78 is 5.89. The number of carbonyl (C=O) groups excluding carboxylic acids is 2. The number of esters is 1. The molecule has 3 N–H and O–H groups in total. The molecule has 0 saturated heterocycles. The summed E-state index contributed by atoms with van der Waals surface area (Å²) in [5.74, 6) is -0.504. The van der Waals surface area contributed by atoms with Crippen LogP contribution in [0.2, 0.25) is 0 Å². The zero-order valence-electron chi connectivity index (χ0n) is 35.9. The first-order valence-corrected chi connectivity index (χ1v) is 23.2. The summed E-state index contributed by atoms with van der Waals surface area (Å²) in [6, 6.07) is -0.707. The summed E-state index contributed by atoms with van der Waals surface area (Å²) in [6.07, 6.45) is 47.8. The molecular formula is C48H89NO5. The Morgan fingerprint density at radius 1 is 0.556 bits per heavy atom. The molecule has 6 heteroatoms. The van der Waals surface area contributed by atoms with Crippen LogP contribution in [0.15, 0.2) is 36.5 Å². The molecule has 0 fully saturated rings. The quantitative estimate of drug-likeness (QED) is 0.0328. The molecule has 6 nitrogen and oxygen atoms in total. The Kier molecular flexibility index (Phi) is 40.7. The van der Waals surface area contributed by atoms with E-state index in [-0.39, 0.29) is 24.9 Å². The number of aliphatic hydroxyl groups is 2. The maximum Gasteiger partial charge on any atom is 0.306 e. The van der Waals surface area contributed by atoms with E-state index in [1.54, 1.807) is 0 Å². The van der Waals surface area contributed by atoms with Crippen molar-refractivity contribution in [3.8, 4) is 0 Å². The highest BCUT2D eigenvalue weighted by Gasteiger charge is 2.24. The maximum absolute atomic E-state index is 13.1. The van der Waals surface area contributed by atoms with E-state index in [0.717, 1.165) is 70.6 Å². The second-order valence-corrected chi connectivity index (χ2v) is 15.8. The van der Waals surface area contributed by atoms with E-state index < -0.39 is 18.2 Å². The lowest BCUT2D eigenvalue weighted by Gasteiger charge is -2.24. The van der Waals surface area contributed by atoms with Gasteiger partial charge in [0.15, 0.2) is 0 Å². The third kappa shape index (κ3) is 37.0. The zero-order chi connectivity index (χ0) is 39.6. The van der Waals surface area contributed by atoms with Gasteiger partial charge in [-0.3, -0.25) is 9.59 Å². The van der Waals surface area contributed by atoms with Gasteiger partial charge in [0.1, 0.15) is 6.10 Å². The van der Waals surface area contributed by atoms with Crippen LogP contribution in [0.1, 0.15) is 233 Å². The molecule has 0 aromatic heterocycles. The topological polar surface area (TPSA) is 95.9 Å². The predicted octanol–water partition coefficient (Wildman–Crippen LogP) is 13.3. The number of nitrogens with one attached hydrogen (secondary N) is 1. The number of allylic oxidation sites excluding steroid dienone is 6. The Bertz CT molecular complexity index is 900. The second kappa shape index (κ2) is 42.2. The fourth-order valence-corrected chi connectivity index (χ4v) is 7.02. The fourth-order valence-electron chi connectivity index (χ4n) is 7.02. The SMILES string of the molecule is CC/C=C/C=C/C=C\CCCCCC(CC(=O)NC(CO)C(O)CCCCCCCCCCCC)OC(=O)CCCCCCCCCCCCCCCC. The van der Waals surface area contributed by atoms with Crippen LogP contribution in [-0.4, -0.2) is 46.9 Å². The minimum Gasteiger partial charge on any atom is -0.462 e. The van der Waals surface area contributed by atoms with Crippen molar-refractivity contribution in [1.29, 1.82) is 0 Å². The van der Waals surface area contributed by atoms with Crippen LogP contribution in [0.4, 0.5) is 0 Å². The average Bonchev–Trinajstić information content (AvgIpc) is 3.16. The second-order valence-electron chi connectivity index (χ2n) is 15.8. The van der Waals surface area contributed by atoms with Gasteiger partial charge in [-0.2, -0.15) is 0 Å². The summed E-state index contributed by atoms with van der Waals surface area (Å²) in [6.45, 7) is 6.32. The maximum atomic E-state index is 13.1. The number of hydrogen-bond acceptors (Lipinski definition) is 5. The first-order chi connectivity index (χ1) is 26.5. The summed E-state index contributed by atoms with van der Waals surface area (Å²) in [5, 5.41) is 23.6. The van der Waals surface area contributed by atoms with Gasteiger partial charge in [-0.15, -0.1) is 0 Å². The van der Waals surface area contributed by atoms with Crippen LogP contribution in [0.25, 0.3) is 0 Å². The molecule has 0 aromatic carbocycles. The van der Waals surface area contributed by atoms with Gasteiger partial charge in [0.2, 0.25) is 5.91 Å². The highest BCUT2D eigenvalue weighted by Crippen LogP contribution is 2.17. The van der Waals surface area contributed by atoms with Crippen LogP contribution in [0, 0.1) is 0 Å². The number of ether oxygens (including phenoxy) is 1. The molecule has 0 saturated carbocycles. The summed E-state index contributed by atoms with van der Waals surface area (Å²) in [4.78, 5) is 26.0. The molecule has 3 unspecified atom stereocenters. The Labute approximate surface area is 334 Å². The molecular weight excluding hydrogens is 671 g/mol.